The lowest BCUT2D eigenvalue weighted by Gasteiger charge is -2.39. The third-order valence-electron chi connectivity index (χ3n) is 6.39. The third-order valence-corrected chi connectivity index (χ3v) is 13.0. The SMILES string of the molecule is CCOP(=O)(COC[C@H]1O[C@@H](n2cnc3c(=S)nc(N)[nH]c32)C[C@@H]1O[Si](C)(C)C(C)(C)C)OCC. The van der Waals surface area contributed by atoms with Gasteiger partial charge in [0.15, 0.2) is 18.9 Å². The number of ether oxygens (including phenoxy) is 2. The van der Waals surface area contributed by atoms with Crippen molar-refractivity contribution < 1.29 is 27.5 Å². The molecule has 3 heterocycles. The number of fused-ring (bicyclic) bond motifs is 1. The van der Waals surface area contributed by atoms with Crippen molar-refractivity contribution in [1.82, 2.24) is 19.5 Å². The highest BCUT2D eigenvalue weighted by Crippen LogP contribution is 2.48. The maximum Gasteiger partial charge on any atom is 0.356 e. The van der Waals surface area contributed by atoms with Crippen LogP contribution in [-0.4, -0.2) is 66.2 Å². The fourth-order valence-electron chi connectivity index (χ4n) is 3.66. The second-order valence-corrected chi connectivity index (χ2v) is 17.1. The maximum atomic E-state index is 12.8. The Morgan fingerprint density at radius 1 is 1.31 bits per heavy atom. The van der Waals surface area contributed by atoms with Gasteiger partial charge in [-0.2, -0.15) is 0 Å². The first-order valence-corrected chi connectivity index (χ1v) is 16.9. The molecule has 11 nitrogen and oxygen atoms in total. The van der Waals surface area contributed by atoms with E-state index in [1.807, 2.05) is 4.57 Å². The van der Waals surface area contributed by atoms with Crippen LogP contribution >= 0.6 is 19.8 Å². The summed E-state index contributed by atoms with van der Waals surface area (Å²) >= 11 is 5.31. The first-order valence-electron chi connectivity index (χ1n) is 11.8. The van der Waals surface area contributed by atoms with Crippen molar-refractivity contribution in [2.24, 2.45) is 0 Å². The van der Waals surface area contributed by atoms with Crippen molar-refractivity contribution in [2.45, 2.75) is 77.6 Å². The van der Waals surface area contributed by atoms with Gasteiger partial charge in [0.25, 0.3) is 0 Å². The largest absolute Gasteiger partial charge is 0.411 e. The van der Waals surface area contributed by atoms with Crippen LogP contribution in [0.1, 0.15) is 47.3 Å². The van der Waals surface area contributed by atoms with Crippen LogP contribution in [0.25, 0.3) is 11.2 Å². The summed E-state index contributed by atoms with van der Waals surface area (Å²) in [5, 5.41) is 0.0168. The highest BCUT2D eigenvalue weighted by molar-refractivity contribution is 7.71. The van der Waals surface area contributed by atoms with Crippen LogP contribution < -0.4 is 5.73 Å². The van der Waals surface area contributed by atoms with Crippen LogP contribution in [0.4, 0.5) is 5.95 Å². The number of hydrogen-bond donors (Lipinski definition) is 2. The number of H-pyrrole nitrogens is 1. The fourth-order valence-corrected chi connectivity index (χ4v) is 6.60. The predicted octanol–water partition coefficient (Wildman–Crippen LogP) is 4.99. The van der Waals surface area contributed by atoms with E-state index in [2.05, 4.69) is 48.8 Å². The van der Waals surface area contributed by atoms with E-state index in [1.165, 1.54) is 0 Å². The molecule has 0 spiro atoms. The summed E-state index contributed by atoms with van der Waals surface area (Å²) in [6.45, 7) is 15.2. The zero-order valence-corrected chi connectivity index (χ0v) is 24.3. The van der Waals surface area contributed by atoms with E-state index >= 15 is 0 Å². The lowest BCUT2D eigenvalue weighted by atomic mass is 10.2. The molecule has 1 aliphatic rings. The molecule has 35 heavy (non-hydrogen) atoms. The monoisotopic (exact) mass is 547 g/mol. The van der Waals surface area contributed by atoms with Gasteiger partial charge in [-0.05, 0) is 32.0 Å². The molecule has 0 aliphatic carbocycles. The minimum atomic E-state index is -3.33. The molecule has 0 amide bonds. The topological polar surface area (TPSA) is 136 Å². The number of hydrogen-bond acceptors (Lipinski definition) is 10. The van der Waals surface area contributed by atoms with E-state index in [0.717, 1.165) is 0 Å². The number of nitrogens with one attached hydrogen (secondary N) is 1. The Morgan fingerprint density at radius 3 is 2.57 bits per heavy atom. The van der Waals surface area contributed by atoms with E-state index < -0.39 is 22.0 Å². The van der Waals surface area contributed by atoms with Gasteiger partial charge in [0.05, 0.1) is 32.3 Å². The number of rotatable bonds is 11. The fraction of sp³-hybridized carbons (Fsp3) is 0.762. The number of nitrogens with zero attached hydrogens (tertiary/aromatic N) is 3. The molecule has 0 saturated carbocycles. The Morgan fingerprint density at radius 2 is 1.97 bits per heavy atom. The normalized spacial score (nSPS) is 21.7. The molecule has 1 aliphatic heterocycles. The number of imidazole rings is 1. The van der Waals surface area contributed by atoms with Crippen LogP contribution in [0.15, 0.2) is 6.33 Å². The number of nitrogens with two attached hydrogens (primary N) is 1. The molecule has 14 heteroatoms. The minimum absolute atomic E-state index is 0.0168. The van der Waals surface area contributed by atoms with Crippen LogP contribution in [0.2, 0.25) is 18.1 Å². The second kappa shape index (κ2) is 11.1. The summed E-state index contributed by atoms with van der Waals surface area (Å²) in [4.78, 5) is 11.5. The summed E-state index contributed by atoms with van der Waals surface area (Å²) < 4.78 is 44.6. The Kier molecular flexibility index (Phi) is 8.97. The zero-order valence-electron chi connectivity index (χ0n) is 21.6. The predicted molar refractivity (Wildman–Crippen MR) is 139 cm³/mol. The highest BCUT2D eigenvalue weighted by Gasteiger charge is 2.45. The first kappa shape index (κ1) is 28.4. The molecule has 198 valence electrons. The summed E-state index contributed by atoms with van der Waals surface area (Å²) in [5.41, 5.74) is 7.07. The standard InChI is InChI=1S/C21H38N5O6PSSi/c1-8-29-33(27,30-9-2)13-28-11-15-14(32-35(6,7)21(3,4)5)10-16(31-15)26-12-23-17-18(26)24-20(22)25-19(17)34/h12,14-16H,8-11,13H2,1-7H3,(H3,22,24,25,34)/t14-,15+,16+/m0/s1. The lowest BCUT2D eigenvalue weighted by molar-refractivity contribution is -0.0549. The molecule has 2 aromatic heterocycles. The van der Waals surface area contributed by atoms with Crippen molar-refractivity contribution in [1.29, 1.82) is 0 Å². The molecule has 0 radical (unpaired) electrons. The van der Waals surface area contributed by atoms with Gasteiger partial charge in [-0.15, -0.1) is 0 Å². The van der Waals surface area contributed by atoms with Gasteiger partial charge in [0.1, 0.15) is 29.8 Å². The first-order chi connectivity index (χ1) is 16.3. The van der Waals surface area contributed by atoms with Gasteiger partial charge < -0.3 is 33.7 Å². The van der Waals surface area contributed by atoms with Crippen LogP contribution in [-0.2, 0) is 27.5 Å². The van der Waals surface area contributed by atoms with Gasteiger partial charge in [0.2, 0.25) is 0 Å². The summed E-state index contributed by atoms with van der Waals surface area (Å²) in [5.74, 6) is 0.207. The number of nitrogen functional groups attached to an aromatic ring is 1. The Labute approximate surface area is 212 Å². The van der Waals surface area contributed by atoms with Crippen LogP contribution in [0, 0.1) is 4.64 Å². The smallest absolute Gasteiger partial charge is 0.356 e. The summed E-state index contributed by atoms with van der Waals surface area (Å²) in [7, 11) is -5.45. The Bertz CT molecular complexity index is 1110. The van der Waals surface area contributed by atoms with E-state index in [0.29, 0.717) is 22.2 Å². The quantitative estimate of drug-likeness (QED) is 0.225. The molecule has 3 N–H and O–H groups in total. The van der Waals surface area contributed by atoms with Crippen LogP contribution in [0.3, 0.4) is 0 Å². The minimum Gasteiger partial charge on any atom is -0.411 e. The molecule has 3 rings (SSSR count). The maximum absolute atomic E-state index is 12.8. The highest BCUT2D eigenvalue weighted by atomic mass is 32.1. The molecule has 1 saturated heterocycles. The molecule has 0 aromatic carbocycles. The molecule has 0 unspecified atom stereocenters. The molecule has 3 atom stereocenters. The van der Waals surface area contributed by atoms with Gasteiger partial charge in [0, 0.05) is 6.42 Å². The van der Waals surface area contributed by atoms with E-state index in [9.17, 15) is 4.57 Å². The average molecular weight is 548 g/mol. The molecular formula is C21H38N5O6PSSi. The summed E-state index contributed by atoms with van der Waals surface area (Å²) in [6, 6.07) is 0. The van der Waals surface area contributed by atoms with Gasteiger partial charge >= 0.3 is 7.60 Å². The van der Waals surface area contributed by atoms with Gasteiger partial charge in [-0.3, -0.25) is 9.13 Å². The summed E-state index contributed by atoms with van der Waals surface area (Å²) in [6.07, 6.45) is 1.05. The Hall–Kier alpha value is -1.18. The van der Waals surface area contributed by atoms with Crippen molar-refractivity contribution >= 4 is 45.2 Å². The number of aromatic amines is 1. The van der Waals surface area contributed by atoms with Gasteiger partial charge in [-0.1, -0.05) is 33.0 Å². The van der Waals surface area contributed by atoms with Crippen molar-refractivity contribution in [3.05, 3.63) is 11.0 Å². The molecule has 2 aromatic rings. The van der Waals surface area contributed by atoms with E-state index in [-0.39, 0.29) is 49.5 Å². The van der Waals surface area contributed by atoms with Crippen molar-refractivity contribution in [3.63, 3.8) is 0 Å². The average Bonchev–Trinajstić information content (AvgIpc) is 3.31. The second-order valence-electron chi connectivity index (χ2n) is 10.0. The third kappa shape index (κ3) is 6.58. The molecule has 1 fully saturated rings. The Balaban J connectivity index is 1.83. The molecule has 0 bridgehead atoms. The number of aromatic nitrogens is 4. The molecular weight excluding hydrogens is 509 g/mol. The number of anilines is 1. The zero-order chi connectivity index (χ0) is 26.0. The van der Waals surface area contributed by atoms with Gasteiger partial charge in [-0.25, -0.2) is 9.97 Å². The van der Waals surface area contributed by atoms with Crippen molar-refractivity contribution in [3.8, 4) is 0 Å². The van der Waals surface area contributed by atoms with Crippen molar-refractivity contribution in [2.75, 3.05) is 31.9 Å². The lowest BCUT2D eigenvalue weighted by Crippen LogP contribution is -2.46. The van der Waals surface area contributed by atoms with Crippen LogP contribution in [0.5, 0.6) is 0 Å². The van der Waals surface area contributed by atoms with E-state index in [4.69, 9.17) is 40.9 Å². The van der Waals surface area contributed by atoms with E-state index in [1.54, 1.807) is 20.2 Å².